The lowest BCUT2D eigenvalue weighted by Gasteiger charge is -2.29. The maximum absolute atomic E-state index is 12.5. The summed E-state index contributed by atoms with van der Waals surface area (Å²) >= 11 is 10.6. The first-order valence-electron chi connectivity index (χ1n) is 5.41. The molecule has 1 aromatic heterocycles. The highest BCUT2D eigenvalue weighted by Gasteiger charge is 2.32. The van der Waals surface area contributed by atoms with Gasteiger partial charge in [0.25, 0.3) is 0 Å². The summed E-state index contributed by atoms with van der Waals surface area (Å²) in [5, 5.41) is 0.312. The first-order chi connectivity index (χ1) is 8.45. The third kappa shape index (κ3) is 2.90. The van der Waals surface area contributed by atoms with Crippen LogP contribution in [0.25, 0.3) is 0 Å². The van der Waals surface area contributed by atoms with Crippen LogP contribution in [0.1, 0.15) is 12.7 Å². The molecule has 1 saturated heterocycles. The number of hydrogen-bond acceptors (Lipinski definition) is 4. The Kier molecular flexibility index (Phi) is 4.70. The van der Waals surface area contributed by atoms with Crippen molar-refractivity contribution in [3.8, 4) is 0 Å². The molecule has 0 spiro atoms. The van der Waals surface area contributed by atoms with Crippen LogP contribution < -0.4 is 0 Å². The van der Waals surface area contributed by atoms with Gasteiger partial charge in [-0.25, -0.2) is 8.42 Å². The number of furan rings is 1. The Hall–Kier alpha value is 0.310. The predicted molar refractivity (Wildman–Crippen MR) is 76.6 cm³/mol. The van der Waals surface area contributed by atoms with Crippen molar-refractivity contribution in [2.45, 2.75) is 22.9 Å². The molecular weight excluding hydrogens is 362 g/mol. The van der Waals surface area contributed by atoms with Gasteiger partial charge in [-0.3, -0.25) is 0 Å². The molecular formula is C10H13BrClNO3S2. The summed E-state index contributed by atoms with van der Waals surface area (Å²) in [6, 6.07) is 1.48. The zero-order valence-corrected chi connectivity index (χ0v) is 13.7. The van der Waals surface area contributed by atoms with Gasteiger partial charge in [-0.1, -0.05) is 6.92 Å². The molecule has 8 heteroatoms. The number of thioether (sulfide) groups is 1. The van der Waals surface area contributed by atoms with Gasteiger partial charge < -0.3 is 4.42 Å². The molecule has 18 heavy (non-hydrogen) atoms. The summed E-state index contributed by atoms with van der Waals surface area (Å²) in [5.74, 6) is 1.42. The maximum Gasteiger partial charge on any atom is 0.247 e. The third-order valence-corrected chi connectivity index (χ3v) is 6.78. The summed E-state index contributed by atoms with van der Waals surface area (Å²) in [4.78, 5) is 0.164. The van der Waals surface area contributed by atoms with Gasteiger partial charge in [0, 0.05) is 30.2 Å². The lowest BCUT2D eigenvalue weighted by molar-refractivity contribution is 0.421. The second kappa shape index (κ2) is 5.75. The fourth-order valence-electron chi connectivity index (χ4n) is 1.78. The SMILES string of the molecule is CC1CN(S(=O)(=O)c2cc(CCl)oc2Br)CCS1. The van der Waals surface area contributed by atoms with Gasteiger partial charge in [-0.05, 0) is 15.9 Å². The van der Waals surface area contributed by atoms with Crippen molar-refractivity contribution < 1.29 is 12.8 Å². The molecule has 1 aliphatic heterocycles. The van der Waals surface area contributed by atoms with Crippen LogP contribution in [-0.4, -0.2) is 36.8 Å². The molecule has 1 aliphatic rings. The van der Waals surface area contributed by atoms with Crippen LogP contribution >= 0.6 is 39.3 Å². The monoisotopic (exact) mass is 373 g/mol. The average Bonchev–Trinajstić information content (AvgIpc) is 2.71. The van der Waals surface area contributed by atoms with E-state index >= 15 is 0 Å². The molecule has 102 valence electrons. The number of halogens is 2. The minimum Gasteiger partial charge on any atom is -0.452 e. The smallest absolute Gasteiger partial charge is 0.247 e. The molecule has 0 bridgehead atoms. The van der Waals surface area contributed by atoms with E-state index in [-0.39, 0.29) is 15.4 Å². The molecule has 0 amide bonds. The van der Waals surface area contributed by atoms with Crippen molar-refractivity contribution in [3.63, 3.8) is 0 Å². The van der Waals surface area contributed by atoms with Crippen LogP contribution in [0.5, 0.6) is 0 Å². The highest BCUT2D eigenvalue weighted by molar-refractivity contribution is 9.10. The average molecular weight is 375 g/mol. The molecule has 0 aliphatic carbocycles. The molecule has 0 N–H and O–H groups in total. The van der Waals surface area contributed by atoms with Crippen LogP contribution in [0.4, 0.5) is 0 Å². The van der Waals surface area contributed by atoms with E-state index in [4.69, 9.17) is 16.0 Å². The van der Waals surface area contributed by atoms with Crippen molar-refractivity contribution >= 4 is 49.3 Å². The van der Waals surface area contributed by atoms with Crippen molar-refractivity contribution in [2.24, 2.45) is 0 Å². The number of alkyl halides is 1. The van der Waals surface area contributed by atoms with Gasteiger partial charge in [0.15, 0.2) is 4.67 Å². The van der Waals surface area contributed by atoms with Gasteiger partial charge in [0.05, 0.1) is 5.88 Å². The second-order valence-electron chi connectivity index (χ2n) is 4.03. The highest BCUT2D eigenvalue weighted by Crippen LogP contribution is 2.31. The van der Waals surface area contributed by atoms with Crippen LogP contribution in [0, 0.1) is 0 Å². The Morgan fingerprint density at radius 2 is 2.39 bits per heavy atom. The predicted octanol–water partition coefficient (Wildman–Crippen LogP) is 2.91. The Morgan fingerprint density at radius 3 is 2.94 bits per heavy atom. The first kappa shape index (κ1) is 14.7. The molecule has 1 aromatic rings. The van der Waals surface area contributed by atoms with E-state index in [0.717, 1.165) is 5.75 Å². The van der Waals surface area contributed by atoms with Crippen molar-refractivity contribution in [3.05, 3.63) is 16.5 Å². The Balaban J connectivity index is 2.32. The normalized spacial score (nSPS) is 22.3. The lowest BCUT2D eigenvalue weighted by Crippen LogP contribution is -2.40. The minimum absolute atomic E-state index is 0.153. The van der Waals surface area contributed by atoms with Crippen molar-refractivity contribution in [1.82, 2.24) is 4.31 Å². The van der Waals surface area contributed by atoms with Crippen LogP contribution in [0.2, 0.25) is 0 Å². The van der Waals surface area contributed by atoms with Crippen molar-refractivity contribution in [1.29, 1.82) is 0 Å². The van der Waals surface area contributed by atoms with E-state index in [1.54, 1.807) is 11.8 Å². The van der Waals surface area contributed by atoms with E-state index in [1.165, 1.54) is 10.4 Å². The molecule has 2 rings (SSSR count). The lowest BCUT2D eigenvalue weighted by atomic mass is 10.4. The fourth-order valence-corrected chi connectivity index (χ4v) is 5.63. The highest BCUT2D eigenvalue weighted by atomic mass is 79.9. The zero-order valence-electron chi connectivity index (χ0n) is 9.73. The van der Waals surface area contributed by atoms with Gasteiger partial charge in [0.2, 0.25) is 10.0 Å². The Morgan fingerprint density at radius 1 is 1.67 bits per heavy atom. The van der Waals surface area contributed by atoms with Gasteiger partial charge in [-0.15, -0.1) is 11.6 Å². The summed E-state index contributed by atoms with van der Waals surface area (Å²) in [7, 11) is -3.49. The largest absolute Gasteiger partial charge is 0.452 e. The van der Waals surface area contributed by atoms with E-state index in [2.05, 4.69) is 15.9 Å². The zero-order chi connectivity index (χ0) is 13.3. The topological polar surface area (TPSA) is 50.5 Å². The van der Waals surface area contributed by atoms with Crippen molar-refractivity contribution in [2.75, 3.05) is 18.8 Å². The van der Waals surface area contributed by atoms with Crippen LogP contribution in [0.3, 0.4) is 0 Å². The van der Waals surface area contributed by atoms with Gasteiger partial charge in [-0.2, -0.15) is 16.1 Å². The van der Waals surface area contributed by atoms with Gasteiger partial charge >= 0.3 is 0 Å². The maximum atomic E-state index is 12.5. The molecule has 0 radical (unpaired) electrons. The molecule has 2 heterocycles. The van der Waals surface area contributed by atoms with Crippen LogP contribution in [0.15, 0.2) is 20.0 Å². The molecule has 0 aromatic carbocycles. The van der Waals surface area contributed by atoms with Crippen LogP contribution in [-0.2, 0) is 15.9 Å². The summed E-state index contributed by atoms with van der Waals surface area (Å²) in [5.41, 5.74) is 0. The van der Waals surface area contributed by atoms with E-state index in [1.807, 2.05) is 6.92 Å². The first-order valence-corrected chi connectivity index (χ1v) is 9.22. The molecule has 0 saturated carbocycles. The molecule has 1 unspecified atom stereocenters. The summed E-state index contributed by atoms with van der Waals surface area (Å²) < 4.78 is 31.9. The fraction of sp³-hybridized carbons (Fsp3) is 0.600. The third-order valence-electron chi connectivity index (χ3n) is 2.66. The number of nitrogens with zero attached hydrogens (tertiary/aromatic N) is 1. The Bertz CT molecular complexity index is 531. The summed E-state index contributed by atoms with van der Waals surface area (Å²) in [6.07, 6.45) is 0. The molecule has 1 atom stereocenters. The second-order valence-corrected chi connectivity index (χ2v) is 8.47. The summed E-state index contributed by atoms with van der Waals surface area (Å²) in [6.45, 7) is 3.09. The standard InChI is InChI=1S/C10H13BrClNO3S2/c1-7-6-13(2-3-17-7)18(14,15)9-4-8(5-12)16-10(9)11/h4,7H,2-3,5-6H2,1H3. The number of rotatable bonds is 3. The van der Waals surface area contributed by atoms with E-state index in [9.17, 15) is 8.42 Å². The molecule has 1 fully saturated rings. The number of hydrogen-bond donors (Lipinski definition) is 0. The minimum atomic E-state index is -3.49. The van der Waals surface area contributed by atoms with E-state index < -0.39 is 10.0 Å². The van der Waals surface area contributed by atoms with E-state index in [0.29, 0.717) is 24.1 Å². The quantitative estimate of drug-likeness (QED) is 0.763. The molecule has 4 nitrogen and oxygen atoms in total. The van der Waals surface area contributed by atoms with Gasteiger partial charge in [0.1, 0.15) is 10.7 Å². The number of sulfonamides is 1. The Labute approximate surface area is 124 Å².